The second-order valence-electron chi connectivity index (χ2n) is 4.06. The summed E-state index contributed by atoms with van der Waals surface area (Å²) in [5, 5.41) is 7.61. The second kappa shape index (κ2) is 5.92. The van der Waals surface area contributed by atoms with Gasteiger partial charge in [0.25, 0.3) is 11.8 Å². The van der Waals surface area contributed by atoms with Crippen LogP contribution in [0.5, 0.6) is 0 Å². The molecule has 0 spiro atoms. The predicted octanol–water partition coefficient (Wildman–Crippen LogP) is 3.45. The van der Waals surface area contributed by atoms with E-state index in [0.29, 0.717) is 11.3 Å². The van der Waals surface area contributed by atoms with Crippen LogP contribution in [-0.2, 0) is 11.3 Å². The number of halogens is 1. The molecule has 6 nitrogen and oxygen atoms in total. The SMILES string of the molecule is O=C(OCc1nnc(-c2ccco2)o1)c1cccc(Br)c1. The van der Waals surface area contributed by atoms with Crippen LogP contribution in [0, 0.1) is 0 Å². The quantitative estimate of drug-likeness (QED) is 0.672. The van der Waals surface area contributed by atoms with Crippen LogP contribution in [-0.4, -0.2) is 16.2 Å². The standard InChI is InChI=1S/C14H9BrN2O4/c15-10-4-1-3-9(7-10)14(18)20-8-12-16-17-13(21-12)11-5-2-6-19-11/h1-7H,8H2. The van der Waals surface area contributed by atoms with E-state index in [4.69, 9.17) is 13.6 Å². The number of esters is 1. The Kier molecular flexibility index (Phi) is 3.83. The molecule has 0 bridgehead atoms. The summed E-state index contributed by atoms with van der Waals surface area (Å²) < 4.78 is 16.4. The van der Waals surface area contributed by atoms with Crippen molar-refractivity contribution in [2.24, 2.45) is 0 Å². The molecule has 0 radical (unpaired) electrons. The molecular weight excluding hydrogens is 340 g/mol. The monoisotopic (exact) mass is 348 g/mol. The van der Waals surface area contributed by atoms with Crippen molar-refractivity contribution in [3.8, 4) is 11.7 Å². The minimum atomic E-state index is -0.464. The zero-order chi connectivity index (χ0) is 14.7. The van der Waals surface area contributed by atoms with Crippen molar-refractivity contribution in [3.05, 3.63) is 58.6 Å². The number of furan rings is 1. The number of carbonyl (C=O) groups excluding carboxylic acids is 1. The molecule has 0 aliphatic heterocycles. The van der Waals surface area contributed by atoms with Gasteiger partial charge in [0.15, 0.2) is 12.4 Å². The molecule has 0 amide bonds. The zero-order valence-corrected chi connectivity index (χ0v) is 12.2. The normalized spacial score (nSPS) is 10.5. The molecule has 0 atom stereocenters. The number of hydrogen-bond donors (Lipinski definition) is 0. The molecule has 0 saturated heterocycles. The highest BCUT2D eigenvalue weighted by Crippen LogP contribution is 2.18. The smallest absolute Gasteiger partial charge is 0.338 e. The number of carbonyl (C=O) groups is 1. The fraction of sp³-hybridized carbons (Fsp3) is 0.0714. The molecule has 106 valence electrons. The van der Waals surface area contributed by atoms with Gasteiger partial charge in [-0.3, -0.25) is 0 Å². The van der Waals surface area contributed by atoms with E-state index in [1.807, 2.05) is 6.07 Å². The highest BCUT2D eigenvalue weighted by Gasteiger charge is 2.13. The largest absolute Gasteiger partial charge is 0.459 e. The number of aromatic nitrogens is 2. The highest BCUT2D eigenvalue weighted by atomic mass is 79.9. The molecule has 21 heavy (non-hydrogen) atoms. The van der Waals surface area contributed by atoms with Crippen molar-refractivity contribution in [2.45, 2.75) is 6.61 Å². The van der Waals surface area contributed by atoms with Crippen molar-refractivity contribution in [1.29, 1.82) is 0 Å². The Bertz CT molecular complexity index is 752. The fourth-order valence-electron chi connectivity index (χ4n) is 1.64. The van der Waals surface area contributed by atoms with E-state index in [0.717, 1.165) is 4.47 Å². The molecule has 3 rings (SSSR count). The molecule has 3 aromatic rings. The maximum atomic E-state index is 11.9. The number of ether oxygens (including phenoxy) is 1. The third kappa shape index (κ3) is 3.19. The average Bonchev–Trinajstić information content (AvgIpc) is 3.15. The lowest BCUT2D eigenvalue weighted by molar-refractivity contribution is 0.0438. The number of hydrogen-bond acceptors (Lipinski definition) is 6. The van der Waals surface area contributed by atoms with Crippen molar-refractivity contribution >= 4 is 21.9 Å². The van der Waals surface area contributed by atoms with Crippen molar-refractivity contribution in [1.82, 2.24) is 10.2 Å². The summed E-state index contributed by atoms with van der Waals surface area (Å²) in [4.78, 5) is 11.9. The van der Waals surface area contributed by atoms with Gasteiger partial charge >= 0.3 is 5.97 Å². The minimum absolute atomic E-state index is 0.0982. The van der Waals surface area contributed by atoms with Gasteiger partial charge in [-0.05, 0) is 30.3 Å². The lowest BCUT2D eigenvalue weighted by Crippen LogP contribution is -2.05. The van der Waals surface area contributed by atoms with Crippen LogP contribution in [0.3, 0.4) is 0 Å². The van der Waals surface area contributed by atoms with E-state index < -0.39 is 5.97 Å². The molecule has 0 fully saturated rings. The van der Waals surface area contributed by atoms with Crippen LogP contribution < -0.4 is 0 Å². The van der Waals surface area contributed by atoms with E-state index >= 15 is 0 Å². The maximum absolute atomic E-state index is 11.9. The van der Waals surface area contributed by atoms with Crippen LogP contribution in [0.15, 0.2) is 56.0 Å². The number of rotatable bonds is 4. The second-order valence-corrected chi connectivity index (χ2v) is 4.98. The summed E-state index contributed by atoms with van der Waals surface area (Å²) in [6.45, 7) is -0.0982. The first-order valence-corrected chi connectivity index (χ1v) is 6.80. The average molecular weight is 349 g/mol. The van der Waals surface area contributed by atoms with E-state index in [9.17, 15) is 4.79 Å². The van der Waals surface area contributed by atoms with Crippen molar-refractivity contribution < 1.29 is 18.4 Å². The molecule has 0 unspecified atom stereocenters. The van der Waals surface area contributed by atoms with Crippen LogP contribution in [0.25, 0.3) is 11.7 Å². The van der Waals surface area contributed by atoms with Crippen LogP contribution in [0.2, 0.25) is 0 Å². The summed E-state index contributed by atoms with van der Waals surface area (Å²) in [7, 11) is 0. The molecule has 0 aliphatic rings. The predicted molar refractivity (Wildman–Crippen MR) is 75.3 cm³/mol. The lowest BCUT2D eigenvalue weighted by Gasteiger charge is -2.02. The number of benzene rings is 1. The van der Waals surface area contributed by atoms with Gasteiger partial charge in [0.05, 0.1) is 11.8 Å². The molecule has 2 heterocycles. The first-order valence-electron chi connectivity index (χ1n) is 6.01. The van der Waals surface area contributed by atoms with E-state index in [2.05, 4.69) is 26.1 Å². The molecule has 0 N–H and O–H groups in total. The third-order valence-corrected chi connectivity index (χ3v) is 3.08. The highest BCUT2D eigenvalue weighted by molar-refractivity contribution is 9.10. The van der Waals surface area contributed by atoms with E-state index in [1.165, 1.54) is 6.26 Å². The maximum Gasteiger partial charge on any atom is 0.338 e. The van der Waals surface area contributed by atoms with Gasteiger partial charge in [-0.15, -0.1) is 10.2 Å². The minimum Gasteiger partial charge on any atom is -0.459 e. The van der Waals surface area contributed by atoms with E-state index in [-0.39, 0.29) is 18.4 Å². The van der Waals surface area contributed by atoms with Gasteiger partial charge in [0.2, 0.25) is 0 Å². The summed E-state index contributed by atoms with van der Waals surface area (Å²) in [6, 6.07) is 10.3. The lowest BCUT2D eigenvalue weighted by atomic mass is 10.2. The summed E-state index contributed by atoms with van der Waals surface area (Å²) >= 11 is 3.29. The molecule has 0 saturated carbocycles. The van der Waals surface area contributed by atoms with Gasteiger partial charge in [-0.2, -0.15) is 0 Å². The Labute approximate surface area is 127 Å². The van der Waals surface area contributed by atoms with Gasteiger partial charge in [0, 0.05) is 4.47 Å². The van der Waals surface area contributed by atoms with Crippen molar-refractivity contribution in [2.75, 3.05) is 0 Å². The zero-order valence-electron chi connectivity index (χ0n) is 10.7. The Morgan fingerprint density at radius 3 is 2.90 bits per heavy atom. The topological polar surface area (TPSA) is 78.4 Å². The molecule has 7 heteroatoms. The summed E-state index contributed by atoms with van der Waals surface area (Å²) in [5.74, 6) is 0.444. The Morgan fingerprint density at radius 1 is 1.24 bits per heavy atom. The van der Waals surface area contributed by atoms with Crippen LogP contribution in [0.4, 0.5) is 0 Å². The third-order valence-electron chi connectivity index (χ3n) is 2.59. The Hall–Kier alpha value is -2.41. The number of nitrogens with zero attached hydrogens (tertiary/aromatic N) is 2. The van der Waals surface area contributed by atoms with Crippen LogP contribution >= 0.6 is 15.9 Å². The van der Waals surface area contributed by atoms with Gasteiger partial charge < -0.3 is 13.6 Å². The van der Waals surface area contributed by atoms with Crippen molar-refractivity contribution in [3.63, 3.8) is 0 Å². The van der Waals surface area contributed by atoms with Gasteiger partial charge in [-0.25, -0.2) is 4.79 Å². The molecule has 0 aliphatic carbocycles. The summed E-state index contributed by atoms with van der Waals surface area (Å²) in [5.41, 5.74) is 0.440. The Morgan fingerprint density at radius 2 is 2.14 bits per heavy atom. The van der Waals surface area contributed by atoms with Gasteiger partial charge in [-0.1, -0.05) is 22.0 Å². The fourth-order valence-corrected chi connectivity index (χ4v) is 2.04. The first kappa shape index (κ1) is 13.6. The molecule has 1 aromatic carbocycles. The van der Waals surface area contributed by atoms with Gasteiger partial charge in [0.1, 0.15) is 0 Å². The first-order chi connectivity index (χ1) is 10.2. The molecule has 2 aromatic heterocycles. The van der Waals surface area contributed by atoms with E-state index in [1.54, 1.807) is 30.3 Å². The molecular formula is C14H9BrN2O4. The van der Waals surface area contributed by atoms with Crippen LogP contribution in [0.1, 0.15) is 16.2 Å². The Balaban J connectivity index is 1.64. The summed E-state index contributed by atoms with van der Waals surface area (Å²) in [6.07, 6.45) is 1.51.